The fourth-order valence-electron chi connectivity index (χ4n) is 2.80. The van der Waals surface area contributed by atoms with E-state index < -0.39 is 7.60 Å². The number of fused-ring (bicyclic) bond motifs is 3. The lowest BCUT2D eigenvalue weighted by Crippen LogP contribution is -2.21. The molecule has 114 valence electrons. The van der Waals surface area contributed by atoms with Gasteiger partial charge in [-0.1, -0.05) is 13.8 Å². The molecule has 0 fully saturated rings. The van der Waals surface area contributed by atoms with Crippen LogP contribution in [-0.4, -0.2) is 13.4 Å². The normalized spacial score (nSPS) is 23.0. The molecular formula is C15H19O5P. The van der Waals surface area contributed by atoms with Crippen LogP contribution in [-0.2, 0) is 13.6 Å². The van der Waals surface area contributed by atoms with E-state index in [1.165, 1.54) is 0 Å². The molecule has 0 N–H and O–H groups in total. The van der Waals surface area contributed by atoms with E-state index in [1.54, 1.807) is 6.92 Å². The molecular weight excluding hydrogens is 291 g/mol. The lowest BCUT2D eigenvalue weighted by atomic mass is 10.0. The average Bonchev–Trinajstić information content (AvgIpc) is 2.95. The van der Waals surface area contributed by atoms with Gasteiger partial charge in [-0.2, -0.15) is 0 Å². The molecule has 1 unspecified atom stereocenters. The van der Waals surface area contributed by atoms with Crippen molar-refractivity contribution in [2.24, 2.45) is 0 Å². The van der Waals surface area contributed by atoms with Gasteiger partial charge in [0, 0.05) is 12.0 Å². The molecule has 2 aliphatic heterocycles. The molecule has 0 spiro atoms. The summed E-state index contributed by atoms with van der Waals surface area (Å²) in [5.41, 5.74) is 1.94. The summed E-state index contributed by atoms with van der Waals surface area (Å²) in [6, 6.07) is 3.78. The maximum absolute atomic E-state index is 13.2. The van der Waals surface area contributed by atoms with Crippen molar-refractivity contribution in [2.75, 3.05) is 13.4 Å². The van der Waals surface area contributed by atoms with Gasteiger partial charge in [0.15, 0.2) is 11.5 Å². The van der Waals surface area contributed by atoms with Gasteiger partial charge in [-0.25, -0.2) is 4.57 Å². The van der Waals surface area contributed by atoms with Crippen molar-refractivity contribution in [3.8, 4) is 11.5 Å². The summed E-state index contributed by atoms with van der Waals surface area (Å²) in [6.45, 7) is 6.27. The average molecular weight is 310 g/mol. The lowest BCUT2D eigenvalue weighted by Gasteiger charge is -2.30. The molecule has 0 aliphatic carbocycles. The van der Waals surface area contributed by atoms with Crippen LogP contribution in [0.5, 0.6) is 11.5 Å². The summed E-state index contributed by atoms with van der Waals surface area (Å²) in [5.74, 6) is 1.82. The Labute approximate surface area is 124 Å². The molecule has 21 heavy (non-hydrogen) atoms. The third kappa shape index (κ3) is 2.16. The number of benzene rings is 1. The van der Waals surface area contributed by atoms with Crippen LogP contribution >= 0.6 is 7.60 Å². The first-order valence-corrected chi connectivity index (χ1v) is 8.78. The summed E-state index contributed by atoms with van der Waals surface area (Å²) < 4.78 is 35.4. The molecule has 5 nitrogen and oxygen atoms in total. The van der Waals surface area contributed by atoms with Crippen LogP contribution in [0.25, 0.3) is 5.57 Å². The number of ether oxygens (including phenoxy) is 2. The van der Waals surface area contributed by atoms with Crippen LogP contribution in [0.2, 0.25) is 0 Å². The summed E-state index contributed by atoms with van der Waals surface area (Å²) in [6.07, 6.45) is 1.47. The third-order valence-corrected chi connectivity index (χ3v) is 5.70. The fraction of sp³-hybridized carbons (Fsp3) is 0.467. The van der Waals surface area contributed by atoms with Crippen molar-refractivity contribution in [1.29, 1.82) is 0 Å². The van der Waals surface area contributed by atoms with Crippen LogP contribution < -0.4 is 14.8 Å². The summed E-state index contributed by atoms with van der Waals surface area (Å²) in [4.78, 5) is 0. The van der Waals surface area contributed by atoms with Gasteiger partial charge in [0.25, 0.3) is 0 Å². The van der Waals surface area contributed by atoms with Crippen molar-refractivity contribution in [2.45, 2.75) is 33.6 Å². The maximum Gasteiger partial charge on any atom is 0.414 e. The molecule has 0 amide bonds. The molecule has 0 radical (unpaired) electrons. The lowest BCUT2D eigenvalue weighted by molar-refractivity contribution is 0.174. The molecule has 0 aromatic heterocycles. The Hall–Kier alpha value is -1.45. The second-order valence-electron chi connectivity index (χ2n) is 4.81. The van der Waals surface area contributed by atoms with Crippen LogP contribution in [0.15, 0.2) is 17.9 Å². The van der Waals surface area contributed by atoms with Crippen molar-refractivity contribution in [3.63, 3.8) is 0 Å². The Morgan fingerprint density at radius 3 is 2.67 bits per heavy atom. The van der Waals surface area contributed by atoms with Gasteiger partial charge in [0.05, 0.1) is 6.61 Å². The van der Waals surface area contributed by atoms with Crippen LogP contribution in [0, 0.1) is 0 Å². The van der Waals surface area contributed by atoms with E-state index in [0.29, 0.717) is 29.8 Å². The Kier molecular flexibility index (Phi) is 3.72. The van der Waals surface area contributed by atoms with E-state index in [-0.39, 0.29) is 6.79 Å². The molecule has 2 aliphatic rings. The van der Waals surface area contributed by atoms with Gasteiger partial charge < -0.3 is 14.0 Å². The quantitative estimate of drug-likeness (QED) is 0.791. The zero-order valence-electron chi connectivity index (χ0n) is 12.5. The summed E-state index contributed by atoms with van der Waals surface area (Å²) in [7, 11) is -3.43. The minimum atomic E-state index is -3.43. The molecule has 1 aromatic carbocycles. The predicted molar refractivity (Wildman–Crippen MR) is 80.0 cm³/mol. The molecule has 1 atom stereocenters. The van der Waals surface area contributed by atoms with E-state index >= 15 is 0 Å². The third-order valence-electron chi connectivity index (χ3n) is 3.65. The topological polar surface area (TPSA) is 54.0 Å². The van der Waals surface area contributed by atoms with Gasteiger partial charge in [0.2, 0.25) is 6.79 Å². The number of hydrogen-bond acceptors (Lipinski definition) is 5. The maximum atomic E-state index is 13.2. The Balaban J connectivity index is 2.28. The minimum absolute atomic E-state index is 0.129. The van der Waals surface area contributed by atoms with Crippen molar-refractivity contribution in [1.82, 2.24) is 0 Å². The molecule has 0 bridgehead atoms. The SMILES string of the molecule is CCOP1(=O)OC(CC)=C(CC)c2ccc3c(c21)OCO3. The van der Waals surface area contributed by atoms with E-state index in [9.17, 15) is 4.57 Å². The minimum Gasteiger partial charge on any atom is -0.454 e. The predicted octanol–water partition coefficient (Wildman–Crippen LogP) is 3.83. The monoisotopic (exact) mass is 310 g/mol. The van der Waals surface area contributed by atoms with Crippen molar-refractivity contribution in [3.05, 3.63) is 23.5 Å². The molecule has 0 saturated heterocycles. The second kappa shape index (κ2) is 5.39. The van der Waals surface area contributed by atoms with Crippen LogP contribution in [0.4, 0.5) is 0 Å². The number of allylic oxidation sites excluding steroid dienone is 2. The molecule has 6 heteroatoms. The summed E-state index contributed by atoms with van der Waals surface area (Å²) in [5, 5.41) is 0.508. The largest absolute Gasteiger partial charge is 0.454 e. The van der Waals surface area contributed by atoms with E-state index in [1.807, 2.05) is 19.1 Å². The van der Waals surface area contributed by atoms with E-state index in [4.69, 9.17) is 18.5 Å². The zero-order chi connectivity index (χ0) is 15.0. The Morgan fingerprint density at radius 1 is 1.19 bits per heavy atom. The van der Waals surface area contributed by atoms with Gasteiger partial charge in [-0.05, 0) is 31.1 Å². The molecule has 2 heterocycles. The standard InChI is InChI=1S/C15H19O5P/c1-4-10-11-7-8-13-14(18-9-17-13)15(11)21(16,19-6-3)20-12(10)5-2/h7-8H,4-6,9H2,1-3H3. The van der Waals surface area contributed by atoms with Crippen LogP contribution in [0.3, 0.4) is 0 Å². The van der Waals surface area contributed by atoms with Crippen molar-refractivity contribution >= 4 is 18.5 Å². The van der Waals surface area contributed by atoms with Crippen molar-refractivity contribution < 1.29 is 23.1 Å². The highest BCUT2D eigenvalue weighted by molar-refractivity contribution is 7.62. The first kappa shape index (κ1) is 14.5. The Bertz CT molecular complexity index is 650. The second-order valence-corrected chi connectivity index (χ2v) is 6.69. The van der Waals surface area contributed by atoms with Gasteiger partial charge in [0.1, 0.15) is 11.1 Å². The van der Waals surface area contributed by atoms with E-state index in [0.717, 1.165) is 23.3 Å². The number of rotatable bonds is 4. The zero-order valence-corrected chi connectivity index (χ0v) is 13.4. The van der Waals surface area contributed by atoms with Crippen LogP contribution in [0.1, 0.15) is 39.2 Å². The summed E-state index contributed by atoms with van der Waals surface area (Å²) >= 11 is 0. The highest BCUT2D eigenvalue weighted by atomic mass is 31.2. The number of hydrogen-bond donors (Lipinski definition) is 0. The molecule has 3 rings (SSSR count). The van der Waals surface area contributed by atoms with Gasteiger partial charge >= 0.3 is 7.60 Å². The highest BCUT2D eigenvalue weighted by Crippen LogP contribution is 2.59. The molecule has 1 aromatic rings. The first-order valence-electron chi connectivity index (χ1n) is 7.24. The molecule has 0 saturated carbocycles. The van der Waals surface area contributed by atoms with Gasteiger partial charge in [-0.15, -0.1) is 0 Å². The smallest absolute Gasteiger partial charge is 0.414 e. The van der Waals surface area contributed by atoms with Gasteiger partial charge in [-0.3, -0.25) is 4.52 Å². The van der Waals surface area contributed by atoms with E-state index in [2.05, 4.69) is 6.92 Å². The fourth-order valence-corrected chi connectivity index (χ4v) is 4.87. The highest BCUT2D eigenvalue weighted by Gasteiger charge is 2.43. The Morgan fingerprint density at radius 2 is 2.00 bits per heavy atom. The first-order chi connectivity index (χ1) is 10.1.